The SMILES string of the molecule is CCOc1ccc2nc(N(Cc3ccco3)C(=O)CSC(C)=O)sc2c1. The molecule has 136 valence electrons. The Morgan fingerprint density at radius 1 is 1.35 bits per heavy atom. The summed E-state index contributed by atoms with van der Waals surface area (Å²) in [5.74, 6) is 1.30. The molecule has 0 aliphatic heterocycles. The lowest BCUT2D eigenvalue weighted by Crippen LogP contribution is -2.32. The number of hydrogen-bond acceptors (Lipinski definition) is 7. The summed E-state index contributed by atoms with van der Waals surface area (Å²) >= 11 is 2.40. The standard InChI is InChI=1S/C18H18N2O4S2/c1-3-23-13-6-7-15-16(9-13)26-18(19-15)20(10-14-5-4-8-24-14)17(22)11-25-12(2)21/h4-9H,3,10-11H2,1-2H3. The summed E-state index contributed by atoms with van der Waals surface area (Å²) in [6.07, 6.45) is 1.56. The van der Waals surface area contributed by atoms with Crippen LogP contribution in [0.25, 0.3) is 10.2 Å². The average Bonchev–Trinajstić information content (AvgIpc) is 3.26. The van der Waals surface area contributed by atoms with E-state index in [9.17, 15) is 9.59 Å². The van der Waals surface area contributed by atoms with Gasteiger partial charge in [-0.3, -0.25) is 14.5 Å². The Morgan fingerprint density at radius 3 is 2.88 bits per heavy atom. The number of hydrogen-bond donors (Lipinski definition) is 0. The van der Waals surface area contributed by atoms with Gasteiger partial charge in [-0.25, -0.2) is 4.98 Å². The highest BCUT2D eigenvalue weighted by Gasteiger charge is 2.22. The van der Waals surface area contributed by atoms with Gasteiger partial charge in [0.1, 0.15) is 11.5 Å². The van der Waals surface area contributed by atoms with Gasteiger partial charge < -0.3 is 9.15 Å². The number of aromatic nitrogens is 1. The van der Waals surface area contributed by atoms with Crippen molar-refractivity contribution in [1.82, 2.24) is 4.98 Å². The van der Waals surface area contributed by atoms with Crippen LogP contribution >= 0.6 is 23.1 Å². The fourth-order valence-electron chi connectivity index (χ4n) is 2.33. The summed E-state index contributed by atoms with van der Waals surface area (Å²) < 4.78 is 11.8. The minimum Gasteiger partial charge on any atom is -0.494 e. The van der Waals surface area contributed by atoms with Crippen molar-refractivity contribution in [3.05, 3.63) is 42.4 Å². The lowest BCUT2D eigenvalue weighted by Gasteiger charge is -2.18. The fourth-order valence-corrected chi connectivity index (χ4v) is 3.82. The quantitative estimate of drug-likeness (QED) is 0.605. The highest BCUT2D eigenvalue weighted by atomic mass is 32.2. The molecule has 8 heteroatoms. The van der Waals surface area contributed by atoms with Crippen molar-refractivity contribution < 1.29 is 18.7 Å². The molecule has 0 atom stereocenters. The third-order valence-corrected chi connectivity index (χ3v) is 5.32. The van der Waals surface area contributed by atoms with Gasteiger partial charge in [-0.2, -0.15) is 0 Å². The summed E-state index contributed by atoms with van der Waals surface area (Å²) in [5, 5.41) is 0.473. The number of nitrogens with zero attached hydrogens (tertiary/aromatic N) is 2. The van der Waals surface area contributed by atoms with Crippen LogP contribution in [0.4, 0.5) is 5.13 Å². The first-order chi connectivity index (χ1) is 12.6. The van der Waals surface area contributed by atoms with E-state index in [1.807, 2.05) is 25.1 Å². The lowest BCUT2D eigenvalue weighted by molar-refractivity contribution is -0.116. The Kier molecular flexibility index (Phi) is 5.95. The normalized spacial score (nSPS) is 10.8. The molecule has 0 bridgehead atoms. The van der Waals surface area contributed by atoms with Gasteiger partial charge >= 0.3 is 0 Å². The van der Waals surface area contributed by atoms with E-state index in [4.69, 9.17) is 9.15 Å². The number of carbonyl (C=O) groups is 2. The van der Waals surface area contributed by atoms with Gasteiger partial charge in [0, 0.05) is 6.92 Å². The Balaban J connectivity index is 1.90. The Labute approximate surface area is 159 Å². The van der Waals surface area contributed by atoms with E-state index in [0.29, 0.717) is 17.5 Å². The smallest absolute Gasteiger partial charge is 0.239 e. The molecule has 3 aromatic rings. The number of ether oxygens (including phenoxy) is 1. The summed E-state index contributed by atoms with van der Waals surface area (Å²) in [6.45, 7) is 4.23. The Hall–Kier alpha value is -2.32. The van der Waals surface area contributed by atoms with Crippen molar-refractivity contribution in [1.29, 1.82) is 0 Å². The second kappa shape index (κ2) is 8.37. The number of amides is 1. The molecular formula is C18H18N2O4S2. The summed E-state index contributed by atoms with van der Waals surface area (Å²) in [7, 11) is 0. The molecule has 2 heterocycles. The van der Waals surface area contributed by atoms with Crippen molar-refractivity contribution in [2.24, 2.45) is 0 Å². The van der Waals surface area contributed by atoms with Crippen molar-refractivity contribution in [3.63, 3.8) is 0 Å². The number of anilines is 1. The maximum Gasteiger partial charge on any atom is 0.239 e. The van der Waals surface area contributed by atoms with Gasteiger partial charge in [-0.15, -0.1) is 0 Å². The van der Waals surface area contributed by atoms with Crippen molar-refractivity contribution in [2.75, 3.05) is 17.3 Å². The molecule has 1 aromatic carbocycles. The van der Waals surface area contributed by atoms with E-state index >= 15 is 0 Å². The van der Waals surface area contributed by atoms with Crippen LogP contribution in [-0.2, 0) is 16.1 Å². The first-order valence-corrected chi connectivity index (χ1v) is 9.86. The minimum absolute atomic E-state index is 0.0656. The Bertz CT molecular complexity index is 905. The fraction of sp³-hybridized carbons (Fsp3) is 0.278. The topological polar surface area (TPSA) is 72.6 Å². The zero-order valence-electron chi connectivity index (χ0n) is 14.4. The van der Waals surface area contributed by atoms with Crippen LogP contribution in [0, 0.1) is 0 Å². The molecule has 0 radical (unpaired) electrons. The van der Waals surface area contributed by atoms with Crippen LogP contribution in [0.2, 0.25) is 0 Å². The van der Waals surface area contributed by atoms with Crippen LogP contribution < -0.4 is 9.64 Å². The van der Waals surface area contributed by atoms with Crippen molar-refractivity contribution >= 4 is 49.5 Å². The first kappa shape index (κ1) is 18.5. The molecule has 0 aliphatic rings. The van der Waals surface area contributed by atoms with Crippen LogP contribution in [-0.4, -0.2) is 28.4 Å². The number of carbonyl (C=O) groups excluding carboxylic acids is 2. The first-order valence-electron chi connectivity index (χ1n) is 8.06. The Morgan fingerprint density at radius 2 is 2.19 bits per heavy atom. The van der Waals surface area contributed by atoms with E-state index in [2.05, 4.69) is 4.98 Å². The van der Waals surface area contributed by atoms with Gasteiger partial charge in [0.15, 0.2) is 10.2 Å². The second-order valence-corrected chi connectivity index (χ2v) is 7.56. The summed E-state index contributed by atoms with van der Waals surface area (Å²) in [5.41, 5.74) is 0.796. The monoisotopic (exact) mass is 390 g/mol. The molecule has 6 nitrogen and oxygen atoms in total. The molecule has 0 spiro atoms. The third-order valence-electron chi connectivity index (χ3n) is 3.48. The summed E-state index contributed by atoms with van der Waals surface area (Å²) in [4.78, 5) is 30.0. The van der Waals surface area contributed by atoms with Crippen LogP contribution in [0.1, 0.15) is 19.6 Å². The molecule has 1 amide bonds. The number of fused-ring (bicyclic) bond motifs is 1. The van der Waals surface area contributed by atoms with E-state index in [-0.39, 0.29) is 23.3 Å². The molecule has 0 fully saturated rings. The molecule has 26 heavy (non-hydrogen) atoms. The number of rotatable bonds is 7. The van der Waals surface area contributed by atoms with Crippen molar-refractivity contribution in [3.8, 4) is 5.75 Å². The lowest BCUT2D eigenvalue weighted by atomic mass is 10.3. The molecule has 0 N–H and O–H groups in total. The highest BCUT2D eigenvalue weighted by molar-refractivity contribution is 8.14. The largest absolute Gasteiger partial charge is 0.494 e. The van der Waals surface area contributed by atoms with Gasteiger partial charge in [0.05, 0.1) is 35.4 Å². The zero-order valence-corrected chi connectivity index (χ0v) is 16.1. The summed E-state index contributed by atoms with van der Waals surface area (Å²) in [6, 6.07) is 9.23. The van der Waals surface area contributed by atoms with Crippen LogP contribution in [0.15, 0.2) is 41.0 Å². The predicted octanol–water partition coefficient (Wildman–Crippen LogP) is 4.10. The molecule has 2 aromatic heterocycles. The van der Waals surface area contributed by atoms with E-state index in [1.165, 1.54) is 18.3 Å². The second-order valence-electron chi connectivity index (χ2n) is 5.40. The van der Waals surface area contributed by atoms with Gasteiger partial charge in [-0.05, 0) is 37.3 Å². The average molecular weight is 390 g/mol. The van der Waals surface area contributed by atoms with Gasteiger partial charge in [0.2, 0.25) is 5.91 Å². The molecule has 0 saturated heterocycles. The molecule has 0 aliphatic carbocycles. The van der Waals surface area contributed by atoms with Crippen molar-refractivity contribution in [2.45, 2.75) is 20.4 Å². The number of benzene rings is 1. The molecule has 3 rings (SSSR count). The number of thioether (sulfide) groups is 1. The molecular weight excluding hydrogens is 372 g/mol. The molecule has 0 unspecified atom stereocenters. The number of furan rings is 1. The zero-order chi connectivity index (χ0) is 18.5. The number of thiazole rings is 1. The van der Waals surface area contributed by atoms with Crippen LogP contribution in [0.3, 0.4) is 0 Å². The van der Waals surface area contributed by atoms with E-state index in [0.717, 1.165) is 27.7 Å². The third kappa shape index (κ3) is 4.44. The van der Waals surface area contributed by atoms with Gasteiger partial charge in [-0.1, -0.05) is 23.1 Å². The van der Waals surface area contributed by atoms with Crippen LogP contribution in [0.5, 0.6) is 5.75 Å². The maximum atomic E-state index is 12.7. The highest BCUT2D eigenvalue weighted by Crippen LogP contribution is 2.32. The minimum atomic E-state index is -0.189. The van der Waals surface area contributed by atoms with Gasteiger partial charge in [0.25, 0.3) is 0 Å². The van der Waals surface area contributed by atoms with E-state index in [1.54, 1.807) is 23.3 Å². The molecule has 0 saturated carbocycles. The predicted molar refractivity (Wildman–Crippen MR) is 104 cm³/mol. The maximum absolute atomic E-state index is 12.7. The van der Waals surface area contributed by atoms with E-state index < -0.39 is 0 Å².